The summed E-state index contributed by atoms with van der Waals surface area (Å²) in [6, 6.07) is 7.84. The molecule has 3 nitrogen and oxygen atoms in total. The van der Waals surface area contributed by atoms with E-state index in [2.05, 4.69) is 10.3 Å². The number of rotatable bonds is 4. The number of aliphatic hydroxyl groups excluding tert-OH is 1. The van der Waals surface area contributed by atoms with Gasteiger partial charge in [0.05, 0.1) is 23.4 Å². The van der Waals surface area contributed by atoms with E-state index in [1.807, 2.05) is 38.1 Å². The Morgan fingerprint density at radius 1 is 1.33 bits per heavy atom. The van der Waals surface area contributed by atoms with E-state index in [1.54, 1.807) is 18.3 Å². The molecular formula is C14H18N2OS. The van der Waals surface area contributed by atoms with Crippen molar-refractivity contribution in [3.05, 3.63) is 45.4 Å². The number of hydrogen-bond acceptors (Lipinski definition) is 4. The summed E-state index contributed by atoms with van der Waals surface area (Å²) in [5.74, 6) is 0. The molecule has 0 fully saturated rings. The van der Waals surface area contributed by atoms with Crippen LogP contribution in [0.15, 0.2) is 24.3 Å². The standard InChI is InChI=1S/C14H18N2OS/c1-9-14(18-11(3)16-9)8-15-13-7-5-4-6-12(13)10(2)17/h4-7,10,15,17H,8H2,1-3H3. The molecule has 18 heavy (non-hydrogen) atoms. The van der Waals surface area contributed by atoms with Crippen molar-refractivity contribution < 1.29 is 5.11 Å². The van der Waals surface area contributed by atoms with Crippen molar-refractivity contribution in [3.8, 4) is 0 Å². The van der Waals surface area contributed by atoms with E-state index in [0.29, 0.717) is 0 Å². The fraction of sp³-hybridized carbons (Fsp3) is 0.357. The van der Waals surface area contributed by atoms with Crippen LogP contribution in [0.5, 0.6) is 0 Å². The lowest BCUT2D eigenvalue weighted by atomic mass is 10.1. The predicted molar refractivity (Wildman–Crippen MR) is 76.0 cm³/mol. The molecule has 1 atom stereocenters. The topological polar surface area (TPSA) is 45.2 Å². The smallest absolute Gasteiger partial charge is 0.0900 e. The quantitative estimate of drug-likeness (QED) is 0.887. The monoisotopic (exact) mass is 262 g/mol. The summed E-state index contributed by atoms with van der Waals surface area (Å²) in [4.78, 5) is 5.65. The first-order chi connectivity index (χ1) is 8.58. The highest BCUT2D eigenvalue weighted by Gasteiger charge is 2.08. The van der Waals surface area contributed by atoms with Crippen LogP contribution >= 0.6 is 11.3 Å². The molecule has 0 spiro atoms. The molecule has 0 bridgehead atoms. The van der Waals surface area contributed by atoms with E-state index in [9.17, 15) is 5.11 Å². The average molecular weight is 262 g/mol. The summed E-state index contributed by atoms with van der Waals surface area (Å²) < 4.78 is 0. The molecular weight excluding hydrogens is 244 g/mol. The van der Waals surface area contributed by atoms with Crippen molar-refractivity contribution in [2.24, 2.45) is 0 Å². The maximum atomic E-state index is 9.71. The van der Waals surface area contributed by atoms with Gasteiger partial charge in [0.1, 0.15) is 0 Å². The van der Waals surface area contributed by atoms with Crippen LogP contribution in [0.3, 0.4) is 0 Å². The summed E-state index contributed by atoms with van der Waals surface area (Å²) >= 11 is 1.71. The molecule has 1 aromatic carbocycles. The van der Waals surface area contributed by atoms with Crippen LogP contribution in [-0.2, 0) is 6.54 Å². The predicted octanol–water partition coefficient (Wildman–Crippen LogP) is 3.43. The lowest BCUT2D eigenvalue weighted by Crippen LogP contribution is -2.03. The van der Waals surface area contributed by atoms with Crippen molar-refractivity contribution in [2.75, 3.05) is 5.32 Å². The molecule has 0 amide bonds. The molecule has 2 aromatic rings. The molecule has 96 valence electrons. The second kappa shape index (κ2) is 5.50. The normalized spacial score (nSPS) is 12.4. The third kappa shape index (κ3) is 2.89. The molecule has 0 saturated heterocycles. The highest BCUT2D eigenvalue weighted by atomic mass is 32.1. The van der Waals surface area contributed by atoms with Crippen molar-refractivity contribution in [1.29, 1.82) is 0 Å². The molecule has 1 heterocycles. The minimum atomic E-state index is -0.460. The molecule has 0 aliphatic carbocycles. The van der Waals surface area contributed by atoms with E-state index in [-0.39, 0.29) is 0 Å². The Kier molecular flexibility index (Phi) is 3.99. The summed E-state index contributed by atoms with van der Waals surface area (Å²) in [6.07, 6.45) is -0.460. The number of hydrogen-bond donors (Lipinski definition) is 2. The SMILES string of the molecule is Cc1nc(C)c(CNc2ccccc2C(C)O)s1. The van der Waals surface area contributed by atoms with E-state index < -0.39 is 6.10 Å². The molecule has 1 unspecified atom stereocenters. The van der Waals surface area contributed by atoms with Crippen LogP contribution < -0.4 is 5.32 Å². The number of benzene rings is 1. The Morgan fingerprint density at radius 3 is 2.67 bits per heavy atom. The number of thiazole rings is 1. The largest absolute Gasteiger partial charge is 0.389 e. The average Bonchev–Trinajstić information content (AvgIpc) is 2.65. The van der Waals surface area contributed by atoms with E-state index in [4.69, 9.17) is 0 Å². The minimum Gasteiger partial charge on any atom is -0.389 e. The molecule has 2 N–H and O–H groups in total. The maximum absolute atomic E-state index is 9.71. The van der Waals surface area contributed by atoms with Gasteiger partial charge in [-0.25, -0.2) is 4.98 Å². The summed E-state index contributed by atoms with van der Waals surface area (Å²) in [7, 11) is 0. The summed E-state index contributed by atoms with van der Waals surface area (Å²) in [5, 5.41) is 14.2. The summed E-state index contributed by atoms with van der Waals surface area (Å²) in [6.45, 7) is 6.58. The minimum absolute atomic E-state index is 0.460. The Balaban J connectivity index is 2.13. The zero-order valence-electron chi connectivity index (χ0n) is 10.9. The molecule has 4 heteroatoms. The van der Waals surface area contributed by atoms with Gasteiger partial charge < -0.3 is 10.4 Å². The van der Waals surface area contributed by atoms with Gasteiger partial charge in [-0.15, -0.1) is 11.3 Å². The van der Waals surface area contributed by atoms with Gasteiger partial charge in [-0.3, -0.25) is 0 Å². The number of aromatic nitrogens is 1. The summed E-state index contributed by atoms with van der Waals surface area (Å²) in [5.41, 5.74) is 2.99. The Morgan fingerprint density at radius 2 is 2.06 bits per heavy atom. The van der Waals surface area contributed by atoms with Crippen LogP contribution in [0.25, 0.3) is 0 Å². The van der Waals surface area contributed by atoms with Gasteiger partial charge in [0.15, 0.2) is 0 Å². The van der Waals surface area contributed by atoms with Crippen LogP contribution in [-0.4, -0.2) is 10.1 Å². The van der Waals surface area contributed by atoms with E-state index in [0.717, 1.165) is 28.5 Å². The Hall–Kier alpha value is -1.39. The van der Waals surface area contributed by atoms with Crippen LogP contribution in [0.2, 0.25) is 0 Å². The van der Waals surface area contributed by atoms with Crippen molar-refractivity contribution in [3.63, 3.8) is 0 Å². The Labute approximate surface area is 112 Å². The molecule has 0 saturated carbocycles. The second-order valence-electron chi connectivity index (χ2n) is 4.36. The molecule has 2 rings (SSSR count). The third-order valence-electron chi connectivity index (χ3n) is 2.85. The van der Waals surface area contributed by atoms with Gasteiger partial charge in [-0.1, -0.05) is 18.2 Å². The molecule has 0 aliphatic rings. The highest BCUT2D eigenvalue weighted by molar-refractivity contribution is 7.11. The zero-order valence-corrected chi connectivity index (χ0v) is 11.7. The zero-order chi connectivity index (χ0) is 13.1. The van der Waals surface area contributed by atoms with Gasteiger partial charge in [-0.05, 0) is 26.8 Å². The Bertz CT molecular complexity index is 534. The molecule has 0 radical (unpaired) electrons. The first-order valence-electron chi connectivity index (χ1n) is 6.01. The van der Waals surface area contributed by atoms with Crippen molar-refractivity contribution >= 4 is 17.0 Å². The van der Waals surface area contributed by atoms with Gasteiger partial charge >= 0.3 is 0 Å². The number of anilines is 1. The van der Waals surface area contributed by atoms with Crippen molar-refractivity contribution in [1.82, 2.24) is 4.98 Å². The number of nitrogens with one attached hydrogen (secondary N) is 1. The third-order valence-corrected chi connectivity index (χ3v) is 3.92. The highest BCUT2D eigenvalue weighted by Crippen LogP contribution is 2.24. The van der Waals surface area contributed by atoms with Crippen LogP contribution in [0.1, 0.15) is 34.2 Å². The van der Waals surface area contributed by atoms with Crippen LogP contribution in [0.4, 0.5) is 5.69 Å². The van der Waals surface area contributed by atoms with Gasteiger partial charge in [0.25, 0.3) is 0 Å². The lowest BCUT2D eigenvalue weighted by Gasteiger charge is -2.13. The lowest BCUT2D eigenvalue weighted by molar-refractivity contribution is 0.200. The fourth-order valence-electron chi connectivity index (χ4n) is 1.94. The molecule has 0 aliphatic heterocycles. The number of aryl methyl sites for hydroxylation is 2. The van der Waals surface area contributed by atoms with Gasteiger partial charge in [0.2, 0.25) is 0 Å². The van der Waals surface area contributed by atoms with E-state index in [1.165, 1.54) is 4.88 Å². The molecule has 1 aromatic heterocycles. The van der Waals surface area contributed by atoms with Crippen molar-refractivity contribution in [2.45, 2.75) is 33.4 Å². The first-order valence-corrected chi connectivity index (χ1v) is 6.83. The first kappa shape index (κ1) is 13.1. The van der Waals surface area contributed by atoms with Gasteiger partial charge in [-0.2, -0.15) is 0 Å². The maximum Gasteiger partial charge on any atom is 0.0900 e. The number of para-hydroxylation sites is 1. The van der Waals surface area contributed by atoms with Gasteiger partial charge in [0, 0.05) is 16.1 Å². The second-order valence-corrected chi connectivity index (χ2v) is 5.65. The van der Waals surface area contributed by atoms with Crippen LogP contribution in [0, 0.1) is 13.8 Å². The number of aliphatic hydroxyl groups is 1. The number of nitrogens with zero attached hydrogens (tertiary/aromatic N) is 1. The van der Waals surface area contributed by atoms with E-state index >= 15 is 0 Å². The fourth-order valence-corrected chi connectivity index (χ4v) is 2.81.